The van der Waals surface area contributed by atoms with E-state index in [9.17, 15) is 4.79 Å². The molecule has 0 atom stereocenters. The maximum Gasteiger partial charge on any atom is 0.250 e. The van der Waals surface area contributed by atoms with Crippen molar-refractivity contribution in [3.63, 3.8) is 0 Å². The van der Waals surface area contributed by atoms with Crippen LogP contribution in [0.4, 0.5) is 5.69 Å². The molecule has 1 amide bonds. The van der Waals surface area contributed by atoms with Gasteiger partial charge in [0.1, 0.15) is 0 Å². The van der Waals surface area contributed by atoms with E-state index >= 15 is 0 Å². The number of anilines is 1. The lowest BCUT2D eigenvalue weighted by Crippen LogP contribution is -2.30. The molecule has 0 aliphatic carbocycles. The molecule has 0 saturated carbocycles. The Morgan fingerprint density at radius 2 is 2.06 bits per heavy atom. The van der Waals surface area contributed by atoms with Gasteiger partial charge in [-0.15, -0.1) is 0 Å². The molecule has 0 heterocycles. The molecule has 1 aromatic rings. The Balaban J connectivity index is 2.96. The third kappa shape index (κ3) is 3.55. The van der Waals surface area contributed by atoms with Crippen LogP contribution in [0, 0.1) is 0 Å². The van der Waals surface area contributed by atoms with E-state index in [4.69, 9.17) is 11.6 Å². The summed E-state index contributed by atoms with van der Waals surface area (Å²) in [5.74, 6) is -0.101. The quantitative estimate of drug-likeness (QED) is 0.733. The van der Waals surface area contributed by atoms with Crippen LogP contribution in [0.5, 0.6) is 0 Å². The highest BCUT2D eigenvalue weighted by Crippen LogP contribution is 2.16. The molecule has 0 unspecified atom stereocenters. The zero-order valence-electron chi connectivity index (χ0n) is 9.19. The third-order valence-electron chi connectivity index (χ3n) is 1.97. The molecule has 0 saturated heterocycles. The van der Waals surface area contributed by atoms with Crippen LogP contribution in [-0.4, -0.2) is 12.5 Å². The first-order chi connectivity index (χ1) is 7.65. The van der Waals surface area contributed by atoms with Gasteiger partial charge in [0, 0.05) is 10.7 Å². The Kier molecular flexibility index (Phi) is 4.80. The van der Waals surface area contributed by atoms with Crippen LogP contribution in [0.3, 0.4) is 0 Å². The number of halogens is 1. The average Bonchev–Trinajstić information content (AvgIpc) is 2.27. The van der Waals surface area contributed by atoms with E-state index in [2.05, 4.69) is 6.58 Å². The van der Waals surface area contributed by atoms with Crippen LogP contribution in [0.1, 0.15) is 6.92 Å². The van der Waals surface area contributed by atoms with Crippen molar-refractivity contribution in [1.82, 2.24) is 0 Å². The Morgan fingerprint density at radius 1 is 1.44 bits per heavy atom. The fourth-order valence-corrected chi connectivity index (χ4v) is 1.43. The highest BCUT2D eigenvalue weighted by molar-refractivity contribution is 6.30. The average molecular weight is 236 g/mol. The van der Waals surface area contributed by atoms with Gasteiger partial charge in [-0.05, 0) is 25.1 Å². The largest absolute Gasteiger partial charge is 0.304 e. The monoisotopic (exact) mass is 235 g/mol. The molecule has 84 valence electrons. The van der Waals surface area contributed by atoms with Crippen molar-refractivity contribution in [2.75, 3.05) is 11.4 Å². The molecule has 0 bridgehead atoms. The number of nitrogens with zero attached hydrogens (tertiary/aromatic N) is 1. The van der Waals surface area contributed by atoms with Crippen LogP contribution >= 0.6 is 11.6 Å². The van der Waals surface area contributed by atoms with Crippen LogP contribution in [-0.2, 0) is 4.79 Å². The fourth-order valence-electron chi connectivity index (χ4n) is 1.31. The number of carbonyl (C=O) groups is 1. The maximum absolute atomic E-state index is 11.8. The molecule has 0 radical (unpaired) electrons. The first-order valence-electron chi connectivity index (χ1n) is 4.97. The van der Waals surface area contributed by atoms with Crippen molar-refractivity contribution in [3.05, 3.63) is 54.1 Å². The van der Waals surface area contributed by atoms with Crippen molar-refractivity contribution in [2.24, 2.45) is 0 Å². The lowest BCUT2D eigenvalue weighted by atomic mass is 10.2. The van der Waals surface area contributed by atoms with E-state index in [0.29, 0.717) is 11.6 Å². The number of amides is 1. The number of hydrogen-bond acceptors (Lipinski definition) is 1. The molecule has 1 aromatic carbocycles. The van der Waals surface area contributed by atoms with Gasteiger partial charge in [0.2, 0.25) is 0 Å². The first kappa shape index (κ1) is 12.5. The number of benzene rings is 1. The van der Waals surface area contributed by atoms with E-state index in [0.717, 1.165) is 5.69 Å². The summed E-state index contributed by atoms with van der Waals surface area (Å²) in [5, 5.41) is 0.432. The SMILES string of the molecule is C=C(Cl)CN(C(=O)/C=C/C)c1ccccc1. The molecular weight excluding hydrogens is 222 g/mol. The summed E-state index contributed by atoms with van der Waals surface area (Å²) in [7, 11) is 0. The predicted molar refractivity (Wildman–Crippen MR) is 68.6 cm³/mol. The summed E-state index contributed by atoms with van der Waals surface area (Å²) in [6.45, 7) is 5.73. The molecular formula is C13H14ClNO. The van der Waals surface area contributed by atoms with Crippen molar-refractivity contribution >= 4 is 23.2 Å². The molecule has 0 fully saturated rings. The minimum atomic E-state index is -0.101. The van der Waals surface area contributed by atoms with Gasteiger partial charge in [-0.25, -0.2) is 0 Å². The van der Waals surface area contributed by atoms with E-state index in [1.807, 2.05) is 30.3 Å². The third-order valence-corrected chi connectivity index (χ3v) is 2.09. The molecule has 0 aromatic heterocycles. The minimum absolute atomic E-state index is 0.101. The molecule has 0 aliphatic rings. The summed E-state index contributed by atoms with van der Waals surface area (Å²) < 4.78 is 0. The molecule has 0 spiro atoms. The second kappa shape index (κ2) is 6.13. The summed E-state index contributed by atoms with van der Waals surface area (Å²) in [5.41, 5.74) is 0.812. The van der Waals surface area contributed by atoms with Gasteiger partial charge < -0.3 is 4.90 Å². The molecule has 16 heavy (non-hydrogen) atoms. The van der Waals surface area contributed by atoms with Crippen molar-refractivity contribution < 1.29 is 4.79 Å². The summed E-state index contributed by atoms with van der Waals surface area (Å²) >= 11 is 5.75. The molecule has 0 N–H and O–H groups in total. The predicted octanol–water partition coefficient (Wildman–Crippen LogP) is 3.35. The molecule has 0 aliphatic heterocycles. The Hall–Kier alpha value is -1.54. The van der Waals surface area contributed by atoms with Gasteiger partial charge in [-0.1, -0.05) is 42.5 Å². The number of rotatable bonds is 4. The van der Waals surface area contributed by atoms with Crippen LogP contribution in [0.2, 0.25) is 0 Å². The standard InChI is InChI=1S/C13H14ClNO/c1-3-7-13(16)15(10-11(2)14)12-8-5-4-6-9-12/h3-9H,2,10H2,1H3/b7-3+. The summed E-state index contributed by atoms with van der Waals surface area (Å²) in [4.78, 5) is 13.4. The highest BCUT2D eigenvalue weighted by atomic mass is 35.5. The number of allylic oxidation sites excluding steroid dienone is 1. The summed E-state index contributed by atoms with van der Waals surface area (Å²) in [6, 6.07) is 9.38. The normalized spacial score (nSPS) is 10.4. The van der Waals surface area contributed by atoms with Crippen molar-refractivity contribution in [3.8, 4) is 0 Å². The Labute approximate surface area is 101 Å². The van der Waals surface area contributed by atoms with Crippen LogP contribution in [0.15, 0.2) is 54.1 Å². The van der Waals surface area contributed by atoms with Crippen molar-refractivity contribution in [2.45, 2.75) is 6.92 Å². The summed E-state index contributed by atoms with van der Waals surface area (Å²) in [6.07, 6.45) is 3.21. The van der Waals surface area contributed by atoms with Gasteiger partial charge in [0.25, 0.3) is 5.91 Å². The lowest BCUT2D eigenvalue weighted by molar-refractivity contribution is -0.114. The van der Waals surface area contributed by atoms with Gasteiger partial charge in [-0.3, -0.25) is 4.79 Å². The van der Waals surface area contributed by atoms with Gasteiger partial charge in [0.15, 0.2) is 0 Å². The minimum Gasteiger partial charge on any atom is -0.304 e. The topological polar surface area (TPSA) is 20.3 Å². The molecule has 3 heteroatoms. The van der Waals surface area contributed by atoms with Gasteiger partial charge >= 0.3 is 0 Å². The van der Waals surface area contributed by atoms with Crippen LogP contribution in [0.25, 0.3) is 0 Å². The number of carbonyl (C=O) groups excluding carboxylic acids is 1. The van der Waals surface area contributed by atoms with Crippen LogP contribution < -0.4 is 4.90 Å². The zero-order chi connectivity index (χ0) is 12.0. The van der Waals surface area contributed by atoms with E-state index in [-0.39, 0.29) is 5.91 Å². The zero-order valence-corrected chi connectivity index (χ0v) is 9.95. The van der Waals surface area contributed by atoms with Gasteiger partial charge in [0.05, 0.1) is 6.54 Å². The van der Waals surface area contributed by atoms with Crippen molar-refractivity contribution in [1.29, 1.82) is 0 Å². The maximum atomic E-state index is 11.8. The number of para-hydroxylation sites is 1. The first-order valence-corrected chi connectivity index (χ1v) is 5.35. The smallest absolute Gasteiger partial charge is 0.250 e. The lowest BCUT2D eigenvalue weighted by Gasteiger charge is -2.20. The van der Waals surface area contributed by atoms with E-state index < -0.39 is 0 Å². The second-order valence-electron chi connectivity index (χ2n) is 3.28. The van der Waals surface area contributed by atoms with E-state index in [1.54, 1.807) is 17.9 Å². The molecule has 2 nitrogen and oxygen atoms in total. The Bertz CT molecular complexity index is 398. The molecule has 1 rings (SSSR count). The highest BCUT2D eigenvalue weighted by Gasteiger charge is 2.12. The Morgan fingerprint density at radius 3 is 2.56 bits per heavy atom. The second-order valence-corrected chi connectivity index (χ2v) is 3.81. The van der Waals surface area contributed by atoms with Gasteiger partial charge in [-0.2, -0.15) is 0 Å². The number of hydrogen-bond donors (Lipinski definition) is 0. The fraction of sp³-hybridized carbons (Fsp3) is 0.154. The van der Waals surface area contributed by atoms with E-state index in [1.165, 1.54) is 6.08 Å².